The molecule has 0 radical (unpaired) electrons. The molecule has 0 aliphatic rings. The first-order valence-electron chi connectivity index (χ1n) is 7.94. The highest BCUT2D eigenvalue weighted by Crippen LogP contribution is 2.22. The van der Waals surface area contributed by atoms with Gasteiger partial charge in [-0.05, 0) is 41.1 Å². The first-order chi connectivity index (χ1) is 12.7. The monoisotopic (exact) mass is 364 g/mol. The summed E-state index contributed by atoms with van der Waals surface area (Å²) in [4.78, 5) is 12.4. The number of halogens is 1. The fourth-order valence-corrected chi connectivity index (χ4v) is 2.76. The van der Waals surface area contributed by atoms with Gasteiger partial charge in [0.2, 0.25) is 5.89 Å². The predicted octanol–water partition coefficient (Wildman–Crippen LogP) is 4.90. The smallest absolute Gasteiger partial charge is 0.339 e. The number of ether oxygens (including phenoxy) is 1. The number of benzene rings is 3. The molecule has 0 spiro atoms. The number of rotatable bonds is 4. The van der Waals surface area contributed by atoms with Crippen molar-refractivity contribution in [3.05, 3.63) is 83.2 Å². The lowest BCUT2D eigenvalue weighted by Crippen LogP contribution is -2.06. The van der Waals surface area contributed by atoms with Gasteiger partial charge in [0.25, 0.3) is 5.89 Å². The van der Waals surface area contributed by atoms with E-state index in [1.807, 2.05) is 36.4 Å². The van der Waals surface area contributed by atoms with E-state index in [0.29, 0.717) is 16.5 Å². The molecule has 0 amide bonds. The minimum atomic E-state index is -0.437. The van der Waals surface area contributed by atoms with Crippen molar-refractivity contribution in [1.82, 2.24) is 10.2 Å². The molecule has 4 rings (SSSR count). The maximum Gasteiger partial charge on any atom is 0.339 e. The Kier molecular flexibility index (Phi) is 4.37. The second kappa shape index (κ2) is 6.98. The number of aromatic nitrogens is 2. The van der Waals surface area contributed by atoms with E-state index >= 15 is 0 Å². The normalized spacial score (nSPS) is 10.8. The van der Waals surface area contributed by atoms with E-state index in [1.54, 1.807) is 30.3 Å². The summed E-state index contributed by atoms with van der Waals surface area (Å²) in [5, 5.41) is 10.3. The molecule has 0 unspecified atom stereocenters. The Morgan fingerprint density at radius 3 is 2.58 bits per heavy atom. The van der Waals surface area contributed by atoms with Gasteiger partial charge < -0.3 is 9.15 Å². The third-order valence-electron chi connectivity index (χ3n) is 3.89. The molecule has 1 heterocycles. The molecule has 6 heteroatoms. The van der Waals surface area contributed by atoms with Crippen LogP contribution in [0.15, 0.2) is 71.1 Å². The topological polar surface area (TPSA) is 65.2 Å². The van der Waals surface area contributed by atoms with Gasteiger partial charge in [-0.15, -0.1) is 10.2 Å². The molecule has 3 aromatic carbocycles. The summed E-state index contributed by atoms with van der Waals surface area (Å²) in [6.07, 6.45) is 0. The second-order valence-electron chi connectivity index (χ2n) is 5.61. The summed E-state index contributed by atoms with van der Waals surface area (Å²) in [5.74, 6) is 0.134. The average Bonchev–Trinajstić information content (AvgIpc) is 3.15. The molecule has 128 valence electrons. The van der Waals surface area contributed by atoms with E-state index in [0.717, 1.165) is 16.3 Å². The van der Waals surface area contributed by atoms with Gasteiger partial charge in [-0.25, -0.2) is 4.79 Å². The zero-order chi connectivity index (χ0) is 17.9. The summed E-state index contributed by atoms with van der Waals surface area (Å²) in [6.45, 7) is -0.0946. The molecule has 0 aliphatic heterocycles. The number of hydrogen-bond acceptors (Lipinski definition) is 5. The van der Waals surface area contributed by atoms with Gasteiger partial charge in [0, 0.05) is 10.6 Å². The van der Waals surface area contributed by atoms with E-state index in [9.17, 15) is 4.79 Å². The molecule has 4 aromatic rings. The highest BCUT2D eigenvalue weighted by atomic mass is 35.5. The first kappa shape index (κ1) is 16.3. The standard InChI is InChI=1S/C20H13ClN2O3/c21-15-10-8-14(9-11-15)19-23-22-18(26-19)12-25-20(24)17-7-3-5-13-4-1-2-6-16(13)17/h1-11H,12H2. The summed E-state index contributed by atoms with van der Waals surface area (Å²) in [6, 6.07) is 20.2. The zero-order valence-corrected chi connectivity index (χ0v) is 14.3. The van der Waals surface area contributed by atoms with Crippen molar-refractivity contribution in [2.24, 2.45) is 0 Å². The van der Waals surface area contributed by atoms with E-state index in [2.05, 4.69) is 10.2 Å². The molecule has 5 nitrogen and oxygen atoms in total. The molecule has 0 bridgehead atoms. The predicted molar refractivity (Wildman–Crippen MR) is 97.8 cm³/mol. The Labute approximate surface area is 154 Å². The van der Waals surface area contributed by atoms with Crippen LogP contribution < -0.4 is 0 Å². The number of carbonyl (C=O) groups excluding carboxylic acids is 1. The number of fused-ring (bicyclic) bond motifs is 1. The third kappa shape index (κ3) is 3.30. The quantitative estimate of drug-likeness (QED) is 0.482. The van der Waals surface area contributed by atoms with Crippen molar-refractivity contribution in [3.63, 3.8) is 0 Å². The van der Waals surface area contributed by atoms with Crippen LogP contribution in [0.4, 0.5) is 0 Å². The Bertz CT molecular complexity index is 1070. The Morgan fingerprint density at radius 2 is 1.73 bits per heavy atom. The molecule has 0 saturated heterocycles. The van der Waals surface area contributed by atoms with E-state index in [4.69, 9.17) is 20.8 Å². The van der Waals surface area contributed by atoms with Gasteiger partial charge in [-0.1, -0.05) is 48.0 Å². The molecule has 0 saturated carbocycles. The number of esters is 1. The van der Waals surface area contributed by atoms with Crippen molar-refractivity contribution in [2.75, 3.05) is 0 Å². The Morgan fingerprint density at radius 1 is 0.962 bits per heavy atom. The van der Waals surface area contributed by atoms with Gasteiger partial charge in [-0.3, -0.25) is 0 Å². The van der Waals surface area contributed by atoms with Gasteiger partial charge in [0.1, 0.15) is 0 Å². The van der Waals surface area contributed by atoms with Gasteiger partial charge in [0.15, 0.2) is 6.61 Å². The molecule has 0 N–H and O–H groups in total. The third-order valence-corrected chi connectivity index (χ3v) is 4.15. The highest BCUT2D eigenvalue weighted by molar-refractivity contribution is 6.30. The number of carbonyl (C=O) groups is 1. The van der Waals surface area contributed by atoms with E-state index in [1.165, 1.54) is 0 Å². The van der Waals surface area contributed by atoms with E-state index in [-0.39, 0.29) is 12.5 Å². The lowest BCUT2D eigenvalue weighted by atomic mass is 10.1. The number of nitrogens with zero attached hydrogens (tertiary/aromatic N) is 2. The van der Waals surface area contributed by atoms with Crippen LogP contribution >= 0.6 is 11.6 Å². The summed E-state index contributed by atoms with van der Waals surface area (Å²) >= 11 is 5.86. The SMILES string of the molecule is O=C(OCc1nnc(-c2ccc(Cl)cc2)o1)c1cccc2ccccc12. The molecule has 0 atom stereocenters. The Balaban J connectivity index is 1.49. The summed E-state index contributed by atoms with van der Waals surface area (Å²) in [7, 11) is 0. The first-order valence-corrected chi connectivity index (χ1v) is 8.32. The van der Waals surface area contributed by atoms with Crippen LogP contribution in [0.1, 0.15) is 16.2 Å². The van der Waals surface area contributed by atoms with Crippen molar-refractivity contribution >= 4 is 28.3 Å². The maximum absolute atomic E-state index is 12.4. The number of hydrogen-bond donors (Lipinski definition) is 0. The Hall–Kier alpha value is -3.18. The fourth-order valence-electron chi connectivity index (χ4n) is 2.63. The van der Waals surface area contributed by atoms with Crippen LogP contribution in [0.2, 0.25) is 5.02 Å². The lowest BCUT2D eigenvalue weighted by molar-refractivity contribution is 0.0441. The van der Waals surface area contributed by atoms with Crippen LogP contribution in [0.25, 0.3) is 22.2 Å². The van der Waals surface area contributed by atoms with Crippen LogP contribution in [0, 0.1) is 0 Å². The lowest BCUT2D eigenvalue weighted by Gasteiger charge is -2.05. The summed E-state index contributed by atoms with van der Waals surface area (Å²) in [5.41, 5.74) is 1.24. The van der Waals surface area contributed by atoms with Gasteiger partial charge in [0.05, 0.1) is 5.56 Å². The van der Waals surface area contributed by atoms with Crippen LogP contribution in [0.3, 0.4) is 0 Å². The largest absolute Gasteiger partial charge is 0.452 e. The molecular weight excluding hydrogens is 352 g/mol. The molecule has 0 aliphatic carbocycles. The van der Waals surface area contributed by atoms with Crippen molar-refractivity contribution in [3.8, 4) is 11.5 Å². The molecule has 26 heavy (non-hydrogen) atoms. The minimum Gasteiger partial charge on any atom is -0.452 e. The molecule has 0 fully saturated rings. The van der Waals surface area contributed by atoms with Crippen LogP contribution in [-0.2, 0) is 11.3 Å². The maximum atomic E-state index is 12.4. The highest BCUT2D eigenvalue weighted by Gasteiger charge is 2.14. The zero-order valence-electron chi connectivity index (χ0n) is 13.6. The fraction of sp³-hybridized carbons (Fsp3) is 0.0500. The van der Waals surface area contributed by atoms with Crippen molar-refractivity contribution in [1.29, 1.82) is 0 Å². The molecule has 1 aromatic heterocycles. The second-order valence-corrected chi connectivity index (χ2v) is 6.05. The van der Waals surface area contributed by atoms with Crippen LogP contribution in [0.5, 0.6) is 0 Å². The van der Waals surface area contributed by atoms with Crippen LogP contribution in [-0.4, -0.2) is 16.2 Å². The molecular formula is C20H13ClN2O3. The van der Waals surface area contributed by atoms with Crippen molar-refractivity contribution < 1.29 is 13.9 Å². The van der Waals surface area contributed by atoms with E-state index < -0.39 is 5.97 Å². The summed E-state index contributed by atoms with van der Waals surface area (Å²) < 4.78 is 10.9. The van der Waals surface area contributed by atoms with Crippen molar-refractivity contribution in [2.45, 2.75) is 6.61 Å². The average molecular weight is 365 g/mol. The minimum absolute atomic E-state index is 0.0946. The van der Waals surface area contributed by atoms with Gasteiger partial charge >= 0.3 is 5.97 Å². The van der Waals surface area contributed by atoms with Gasteiger partial charge in [-0.2, -0.15) is 0 Å².